The van der Waals surface area contributed by atoms with Crippen LogP contribution in [0.25, 0.3) is 0 Å². The van der Waals surface area contributed by atoms with E-state index in [9.17, 15) is 0 Å². The summed E-state index contributed by atoms with van der Waals surface area (Å²) in [6, 6.07) is 7.67. The molecule has 0 aromatic heterocycles. The molecule has 0 aliphatic rings. The zero-order valence-electron chi connectivity index (χ0n) is 10.00. The summed E-state index contributed by atoms with van der Waals surface area (Å²) in [6.07, 6.45) is 0. The standard InChI is InChI=1S/C13H17ClN2/c1-4-16(9-10(2)3)12-6-5-11(8-15)13(14)7-12/h5-7,10H,4,9H2,1-3H3. The number of nitriles is 1. The predicted molar refractivity (Wildman–Crippen MR) is 68.9 cm³/mol. The van der Waals surface area contributed by atoms with Gasteiger partial charge >= 0.3 is 0 Å². The zero-order valence-corrected chi connectivity index (χ0v) is 10.8. The highest BCUT2D eigenvalue weighted by Crippen LogP contribution is 2.23. The van der Waals surface area contributed by atoms with Crippen molar-refractivity contribution in [3.63, 3.8) is 0 Å². The molecule has 2 nitrogen and oxygen atoms in total. The van der Waals surface area contributed by atoms with Crippen LogP contribution in [0.5, 0.6) is 0 Å². The molecule has 0 saturated carbocycles. The third-order valence-electron chi connectivity index (χ3n) is 2.41. The first-order chi connectivity index (χ1) is 7.58. The van der Waals surface area contributed by atoms with Crippen molar-refractivity contribution in [1.82, 2.24) is 0 Å². The van der Waals surface area contributed by atoms with Gasteiger partial charge in [0.15, 0.2) is 0 Å². The SMILES string of the molecule is CCN(CC(C)C)c1ccc(C#N)c(Cl)c1. The molecule has 0 saturated heterocycles. The molecule has 0 unspecified atom stereocenters. The maximum Gasteiger partial charge on any atom is 0.101 e. The van der Waals surface area contributed by atoms with Gasteiger partial charge in [0.2, 0.25) is 0 Å². The maximum atomic E-state index is 8.80. The van der Waals surface area contributed by atoms with Crippen LogP contribution < -0.4 is 4.90 Å². The highest BCUT2D eigenvalue weighted by Gasteiger charge is 2.08. The Morgan fingerprint density at radius 2 is 2.12 bits per heavy atom. The van der Waals surface area contributed by atoms with Crippen molar-refractivity contribution in [2.75, 3.05) is 18.0 Å². The fraction of sp³-hybridized carbons (Fsp3) is 0.462. The van der Waals surface area contributed by atoms with Gasteiger partial charge in [-0.25, -0.2) is 0 Å². The highest BCUT2D eigenvalue weighted by molar-refractivity contribution is 6.32. The molecule has 0 spiro atoms. The topological polar surface area (TPSA) is 27.0 Å². The van der Waals surface area contributed by atoms with Crippen molar-refractivity contribution >= 4 is 17.3 Å². The zero-order chi connectivity index (χ0) is 12.1. The number of halogens is 1. The molecule has 0 radical (unpaired) electrons. The van der Waals surface area contributed by atoms with Crippen LogP contribution in [-0.2, 0) is 0 Å². The van der Waals surface area contributed by atoms with Gasteiger partial charge in [0.05, 0.1) is 10.6 Å². The van der Waals surface area contributed by atoms with Crippen LogP contribution in [0.3, 0.4) is 0 Å². The summed E-state index contributed by atoms with van der Waals surface area (Å²) in [4.78, 5) is 2.26. The number of anilines is 1. The summed E-state index contributed by atoms with van der Waals surface area (Å²) < 4.78 is 0. The molecule has 0 bridgehead atoms. The Bertz CT molecular complexity index is 393. The molecule has 16 heavy (non-hydrogen) atoms. The van der Waals surface area contributed by atoms with E-state index >= 15 is 0 Å². The number of rotatable bonds is 4. The average molecular weight is 237 g/mol. The van der Waals surface area contributed by atoms with E-state index in [1.54, 1.807) is 6.07 Å². The average Bonchev–Trinajstić information content (AvgIpc) is 2.25. The Morgan fingerprint density at radius 3 is 2.56 bits per heavy atom. The van der Waals surface area contributed by atoms with Crippen LogP contribution in [0.15, 0.2) is 18.2 Å². The normalized spacial score (nSPS) is 10.2. The largest absolute Gasteiger partial charge is 0.372 e. The molecule has 86 valence electrons. The first-order valence-electron chi connectivity index (χ1n) is 5.53. The summed E-state index contributed by atoms with van der Waals surface area (Å²) in [5, 5.41) is 9.33. The second-order valence-electron chi connectivity index (χ2n) is 4.21. The van der Waals surface area contributed by atoms with E-state index in [1.807, 2.05) is 12.1 Å². The molecule has 0 aliphatic heterocycles. The second-order valence-corrected chi connectivity index (χ2v) is 4.62. The molecule has 1 aromatic carbocycles. The molecule has 0 amide bonds. The van der Waals surface area contributed by atoms with Gasteiger partial charge < -0.3 is 4.90 Å². The summed E-state index contributed by atoms with van der Waals surface area (Å²) in [5.74, 6) is 0.606. The second kappa shape index (κ2) is 5.77. The molecule has 0 fully saturated rings. The minimum atomic E-state index is 0.530. The van der Waals surface area contributed by atoms with Gasteiger partial charge in [0.1, 0.15) is 6.07 Å². The quantitative estimate of drug-likeness (QED) is 0.797. The number of nitrogens with zero attached hydrogens (tertiary/aromatic N) is 2. The Kier molecular flexibility index (Phi) is 4.64. The molecule has 0 aliphatic carbocycles. The van der Waals surface area contributed by atoms with Gasteiger partial charge in [-0.15, -0.1) is 0 Å². The van der Waals surface area contributed by atoms with Crippen molar-refractivity contribution in [2.24, 2.45) is 5.92 Å². The van der Waals surface area contributed by atoms with E-state index in [-0.39, 0.29) is 0 Å². The van der Waals surface area contributed by atoms with Crippen molar-refractivity contribution in [1.29, 1.82) is 5.26 Å². The fourth-order valence-electron chi connectivity index (χ4n) is 1.65. The van der Waals surface area contributed by atoms with E-state index in [4.69, 9.17) is 16.9 Å². The molecule has 0 heterocycles. The molecule has 3 heteroatoms. The van der Waals surface area contributed by atoms with E-state index in [1.165, 1.54) is 0 Å². The van der Waals surface area contributed by atoms with Crippen LogP contribution in [0.2, 0.25) is 5.02 Å². The summed E-state index contributed by atoms with van der Waals surface area (Å²) in [6.45, 7) is 8.44. The third kappa shape index (κ3) is 3.15. The fourth-order valence-corrected chi connectivity index (χ4v) is 1.87. The Hall–Kier alpha value is -1.20. The minimum absolute atomic E-state index is 0.530. The van der Waals surface area contributed by atoms with Gasteiger partial charge in [-0.05, 0) is 31.0 Å². The molecule has 1 rings (SSSR count). The van der Waals surface area contributed by atoms with Crippen molar-refractivity contribution in [3.05, 3.63) is 28.8 Å². The Balaban J connectivity index is 2.94. The lowest BCUT2D eigenvalue weighted by Gasteiger charge is -2.25. The lowest BCUT2D eigenvalue weighted by Crippen LogP contribution is -2.27. The van der Waals surface area contributed by atoms with E-state index in [0.29, 0.717) is 16.5 Å². The van der Waals surface area contributed by atoms with Crippen LogP contribution in [0, 0.1) is 17.2 Å². The molecule has 0 atom stereocenters. The predicted octanol–water partition coefficient (Wildman–Crippen LogP) is 3.69. The Labute approximate surface area is 102 Å². The summed E-state index contributed by atoms with van der Waals surface area (Å²) >= 11 is 6.02. The lowest BCUT2D eigenvalue weighted by atomic mass is 10.1. The first-order valence-corrected chi connectivity index (χ1v) is 5.90. The van der Waals surface area contributed by atoms with E-state index in [0.717, 1.165) is 18.8 Å². The maximum absolute atomic E-state index is 8.80. The van der Waals surface area contributed by atoms with Crippen molar-refractivity contribution < 1.29 is 0 Å². The monoisotopic (exact) mass is 236 g/mol. The minimum Gasteiger partial charge on any atom is -0.372 e. The number of hydrogen-bond acceptors (Lipinski definition) is 2. The van der Waals surface area contributed by atoms with Gasteiger partial charge in [-0.2, -0.15) is 5.26 Å². The van der Waals surface area contributed by atoms with Crippen LogP contribution in [-0.4, -0.2) is 13.1 Å². The highest BCUT2D eigenvalue weighted by atomic mass is 35.5. The summed E-state index contributed by atoms with van der Waals surface area (Å²) in [7, 11) is 0. The van der Waals surface area contributed by atoms with Gasteiger partial charge in [-0.1, -0.05) is 25.4 Å². The molecular weight excluding hydrogens is 220 g/mol. The van der Waals surface area contributed by atoms with Crippen molar-refractivity contribution in [3.8, 4) is 6.07 Å². The first kappa shape index (κ1) is 12.9. The molecule has 1 aromatic rings. The lowest BCUT2D eigenvalue weighted by molar-refractivity contribution is 0.619. The van der Waals surface area contributed by atoms with Crippen LogP contribution >= 0.6 is 11.6 Å². The van der Waals surface area contributed by atoms with Gasteiger partial charge in [-0.3, -0.25) is 0 Å². The van der Waals surface area contributed by atoms with Crippen LogP contribution in [0.4, 0.5) is 5.69 Å². The third-order valence-corrected chi connectivity index (χ3v) is 2.72. The number of hydrogen-bond donors (Lipinski definition) is 0. The Morgan fingerprint density at radius 1 is 1.44 bits per heavy atom. The molecular formula is C13H17ClN2. The summed E-state index contributed by atoms with van der Waals surface area (Å²) in [5.41, 5.74) is 1.62. The smallest absolute Gasteiger partial charge is 0.101 e. The van der Waals surface area contributed by atoms with E-state index < -0.39 is 0 Å². The molecule has 0 N–H and O–H groups in total. The van der Waals surface area contributed by atoms with Crippen LogP contribution in [0.1, 0.15) is 26.3 Å². The number of benzene rings is 1. The van der Waals surface area contributed by atoms with E-state index in [2.05, 4.69) is 31.7 Å². The van der Waals surface area contributed by atoms with Crippen molar-refractivity contribution in [2.45, 2.75) is 20.8 Å². The van der Waals surface area contributed by atoms with Gasteiger partial charge in [0, 0.05) is 18.8 Å². The van der Waals surface area contributed by atoms with Gasteiger partial charge in [0.25, 0.3) is 0 Å².